The zero-order valence-corrected chi connectivity index (χ0v) is 12.2. The summed E-state index contributed by atoms with van der Waals surface area (Å²) in [6, 6.07) is -1.34. The molecule has 2 amide bonds. The summed E-state index contributed by atoms with van der Waals surface area (Å²) >= 11 is 0. The number of halogens is 2. The van der Waals surface area contributed by atoms with Gasteiger partial charge in [-0.15, -0.1) is 0 Å². The van der Waals surface area contributed by atoms with Gasteiger partial charge in [0.15, 0.2) is 0 Å². The van der Waals surface area contributed by atoms with E-state index in [4.69, 9.17) is 4.74 Å². The van der Waals surface area contributed by atoms with Gasteiger partial charge in [-0.1, -0.05) is 0 Å². The molecule has 0 saturated carbocycles. The highest BCUT2D eigenvalue weighted by atomic mass is 19.3. The SMILES string of the molecule is COCC(=O)N[C@H](CCNC(=O)OC(C)(C)C)C(F)F. The van der Waals surface area contributed by atoms with Crippen molar-refractivity contribution >= 4 is 12.0 Å². The first-order valence-corrected chi connectivity index (χ1v) is 6.19. The second kappa shape index (κ2) is 8.68. The summed E-state index contributed by atoms with van der Waals surface area (Å²) < 4.78 is 34.9. The molecule has 0 unspecified atom stereocenters. The van der Waals surface area contributed by atoms with Crippen LogP contribution in [-0.4, -0.2) is 50.3 Å². The third-order valence-electron chi connectivity index (χ3n) is 2.05. The molecule has 0 aliphatic carbocycles. The van der Waals surface area contributed by atoms with Gasteiger partial charge in [0.25, 0.3) is 6.43 Å². The van der Waals surface area contributed by atoms with Crippen LogP contribution in [0.5, 0.6) is 0 Å². The number of rotatable bonds is 7. The van der Waals surface area contributed by atoms with Crippen molar-refractivity contribution in [1.29, 1.82) is 0 Å². The predicted octanol–water partition coefficient (Wildman–Crippen LogP) is 1.30. The number of methoxy groups -OCH3 is 1. The maximum Gasteiger partial charge on any atom is 0.407 e. The average Bonchev–Trinajstić information content (AvgIpc) is 2.25. The van der Waals surface area contributed by atoms with E-state index in [2.05, 4.69) is 15.4 Å². The smallest absolute Gasteiger partial charge is 0.407 e. The van der Waals surface area contributed by atoms with Gasteiger partial charge < -0.3 is 20.1 Å². The number of alkyl halides is 2. The third-order valence-corrected chi connectivity index (χ3v) is 2.05. The topological polar surface area (TPSA) is 76.7 Å². The zero-order chi connectivity index (χ0) is 15.8. The second-order valence-corrected chi connectivity index (χ2v) is 5.16. The fourth-order valence-corrected chi connectivity index (χ4v) is 1.28. The van der Waals surface area contributed by atoms with Gasteiger partial charge >= 0.3 is 6.09 Å². The minimum absolute atomic E-state index is 0.0306. The van der Waals surface area contributed by atoms with Crippen molar-refractivity contribution in [2.75, 3.05) is 20.3 Å². The molecule has 20 heavy (non-hydrogen) atoms. The average molecular weight is 296 g/mol. The maximum absolute atomic E-state index is 12.7. The maximum atomic E-state index is 12.7. The summed E-state index contributed by atoms with van der Waals surface area (Å²) in [7, 11) is 1.29. The number of carbonyl (C=O) groups is 2. The number of ether oxygens (including phenoxy) is 2. The minimum Gasteiger partial charge on any atom is -0.444 e. The summed E-state index contributed by atoms with van der Waals surface area (Å²) in [4.78, 5) is 22.5. The van der Waals surface area contributed by atoms with E-state index in [0.717, 1.165) is 0 Å². The van der Waals surface area contributed by atoms with Crippen LogP contribution in [0.25, 0.3) is 0 Å². The molecule has 0 heterocycles. The van der Waals surface area contributed by atoms with E-state index in [1.54, 1.807) is 20.8 Å². The van der Waals surface area contributed by atoms with Gasteiger partial charge in [0.05, 0.1) is 6.04 Å². The van der Waals surface area contributed by atoms with Crippen molar-refractivity contribution in [1.82, 2.24) is 10.6 Å². The number of hydrogen-bond donors (Lipinski definition) is 2. The van der Waals surface area contributed by atoms with E-state index in [1.165, 1.54) is 7.11 Å². The molecule has 0 aliphatic heterocycles. The molecular weight excluding hydrogens is 274 g/mol. The molecule has 0 aliphatic rings. The molecule has 0 spiro atoms. The Hall–Kier alpha value is -1.44. The first-order chi connectivity index (χ1) is 9.15. The van der Waals surface area contributed by atoms with E-state index < -0.39 is 30.1 Å². The standard InChI is InChI=1S/C12H22F2N2O4/c1-12(2,3)20-11(18)15-6-5-8(10(13)14)16-9(17)7-19-4/h8,10H,5-7H2,1-4H3,(H,15,18)(H,16,17)/t8-/m1/s1. The number of alkyl carbamates (subject to hydrolysis) is 1. The number of hydrogen-bond acceptors (Lipinski definition) is 4. The van der Waals surface area contributed by atoms with Gasteiger partial charge in [0.1, 0.15) is 12.2 Å². The van der Waals surface area contributed by atoms with Crippen LogP contribution >= 0.6 is 0 Å². The van der Waals surface area contributed by atoms with Gasteiger partial charge in [-0.2, -0.15) is 0 Å². The lowest BCUT2D eigenvalue weighted by molar-refractivity contribution is -0.126. The molecule has 0 fully saturated rings. The van der Waals surface area contributed by atoms with E-state index >= 15 is 0 Å². The molecule has 0 aromatic carbocycles. The van der Waals surface area contributed by atoms with Crippen molar-refractivity contribution in [2.24, 2.45) is 0 Å². The van der Waals surface area contributed by atoms with Crippen LogP contribution in [-0.2, 0) is 14.3 Å². The third kappa shape index (κ3) is 9.48. The second-order valence-electron chi connectivity index (χ2n) is 5.16. The Bertz CT molecular complexity index is 319. The first-order valence-electron chi connectivity index (χ1n) is 6.19. The van der Waals surface area contributed by atoms with Gasteiger partial charge in [0.2, 0.25) is 5.91 Å². The molecule has 0 saturated heterocycles. The van der Waals surface area contributed by atoms with Crippen LogP contribution in [0.4, 0.5) is 13.6 Å². The van der Waals surface area contributed by atoms with Crippen LogP contribution in [0.2, 0.25) is 0 Å². The van der Waals surface area contributed by atoms with Crippen LogP contribution in [0.15, 0.2) is 0 Å². The lowest BCUT2D eigenvalue weighted by atomic mass is 10.2. The predicted molar refractivity (Wildman–Crippen MR) is 68.7 cm³/mol. The quantitative estimate of drug-likeness (QED) is 0.742. The van der Waals surface area contributed by atoms with Crippen LogP contribution in [0.1, 0.15) is 27.2 Å². The molecule has 0 radical (unpaired) electrons. The van der Waals surface area contributed by atoms with Gasteiger partial charge in [-0.05, 0) is 27.2 Å². The summed E-state index contributed by atoms with van der Waals surface area (Å²) in [5.41, 5.74) is -0.654. The summed E-state index contributed by atoms with van der Waals surface area (Å²) in [5, 5.41) is 4.49. The normalized spacial score (nSPS) is 12.9. The Labute approximate surface area is 117 Å². The van der Waals surface area contributed by atoms with E-state index in [9.17, 15) is 18.4 Å². The van der Waals surface area contributed by atoms with Crippen LogP contribution in [0, 0.1) is 0 Å². The molecule has 0 rings (SSSR count). The Kier molecular flexibility index (Phi) is 8.05. The Morgan fingerprint density at radius 1 is 1.25 bits per heavy atom. The van der Waals surface area contributed by atoms with Crippen molar-refractivity contribution in [3.63, 3.8) is 0 Å². The highest BCUT2D eigenvalue weighted by Gasteiger charge is 2.23. The summed E-state index contributed by atoms with van der Waals surface area (Å²) in [6.07, 6.45) is -3.52. The van der Waals surface area contributed by atoms with E-state index in [1.807, 2.05) is 0 Å². The molecular formula is C12H22F2N2O4. The first kappa shape index (κ1) is 18.6. The molecule has 8 heteroatoms. The van der Waals surface area contributed by atoms with Gasteiger partial charge in [-0.25, -0.2) is 13.6 Å². The summed E-state index contributed by atoms with van der Waals surface area (Å²) in [6.45, 7) is 4.76. The fraction of sp³-hybridized carbons (Fsp3) is 0.833. The van der Waals surface area contributed by atoms with Gasteiger partial charge in [-0.3, -0.25) is 4.79 Å². The van der Waals surface area contributed by atoms with Crippen LogP contribution in [0.3, 0.4) is 0 Å². The van der Waals surface area contributed by atoms with Crippen molar-refractivity contribution in [3.05, 3.63) is 0 Å². The molecule has 0 bridgehead atoms. The number of carbonyl (C=O) groups excluding carboxylic acids is 2. The highest BCUT2D eigenvalue weighted by Crippen LogP contribution is 2.07. The minimum atomic E-state index is -2.73. The molecule has 118 valence electrons. The van der Waals surface area contributed by atoms with Crippen molar-refractivity contribution < 1.29 is 27.8 Å². The highest BCUT2D eigenvalue weighted by molar-refractivity contribution is 5.77. The molecule has 0 aromatic heterocycles. The summed E-state index contributed by atoms with van der Waals surface area (Å²) in [5.74, 6) is -0.630. The number of nitrogens with one attached hydrogen (secondary N) is 2. The van der Waals surface area contributed by atoms with Crippen LogP contribution < -0.4 is 10.6 Å². The Morgan fingerprint density at radius 3 is 2.30 bits per heavy atom. The molecule has 6 nitrogen and oxygen atoms in total. The van der Waals surface area contributed by atoms with Crippen molar-refractivity contribution in [3.8, 4) is 0 Å². The lowest BCUT2D eigenvalue weighted by Crippen LogP contribution is -2.44. The zero-order valence-electron chi connectivity index (χ0n) is 12.2. The Morgan fingerprint density at radius 2 is 1.85 bits per heavy atom. The van der Waals surface area contributed by atoms with Crippen molar-refractivity contribution in [2.45, 2.75) is 45.3 Å². The van der Waals surface area contributed by atoms with E-state index in [0.29, 0.717) is 0 Å². The molecule has 2 N–H and O–H groups in total. The monoisotopic (exact) mass is 296 g/mol. The van der Waals surface area contributed by atoms with E-state index in [-0.39, 0.29) is 19.6 Å². The lowest BCUT2D eigenvalue weighted by Gasteiger charge is -2.21. The molecule has 0 aromatic rings. The Balaban J connectivity index is 4.10. The fourth-order valence-electron chi connectivity index (χ4n) is 1.28. The van der Waals surface area contributed by atoms with Gasteiger partial charge in [0, 0.05) is 13.7 Å². The molecule has 1 atom stereocenters. The number of amides is 2. The largest absolute Gasteiger partial charge is 0.444 e.